The highest BCUT2D eigenvalue weighted by atomic mass is 32.1. The quantitative estimate of drug-likeness (QED) is 0.614. The van der Waals surface area contributed by atoms with Gasteiger partial charge in [-0.25, -0.2) is 4.98 Å². The predicted octanol–water partition coefficient (Wildman–Crippen LogP) is 3.63. The van der Waals surface area contributed by atoms with Crippen molar-refractivity contribution in [3.63, 3.8) is 0 Å². The van der Waals surface area contributed by atoms with Crippen LogP contribution in [0.1, 0.15) is 5.69 Å². The molecule has 22 heavy (non-hydrogen) atoms. The van der Waals surface area contributed by atoms with Crippen LogP contribution in [0.5, 0.6) is 11.6 Å². The van der Waals surface area contributed by atoms with Crippen molar-refractivity contribution in [2.75, 3.05) is 7.11 Å². The summed E-state index contributed by atoms with van der Waals surface area (Å²) in [6.07, 6.45) is 1.67. The molecular formula is C16H13N3O2S. The van der Waals surface area contributed by atoms with E-state index < -0.39 is 0 Å². The lowest BCUT2D eigenvalue weighted by Crippen LogP contribution is -1.94. The van der Waals surface area contributed by atoms with Gasteiger partial charge >= 0.3 is 0 Å². The van der Waals surface area contributed by atoms with Crippen molar-refractivity contribution >= 4 is 28.0 Å². The van der Waals surface area contributed by atoms with E-state index >= 15 is 0 Å². The summed E-state index contributed by atoms with van der Waals surface area (Å²) in [5.74, 6) is 0.878. The van der Waals surface area contributed by atoms with Crippen molar-refractivity contribution in [1.82, 2.24) is 14.4 Å². The summed E-state index contributed by atoms with van der Waals surface area (Å²) >= 11 is 1.65. The number of benzene rings is 1. The van der Waals surface area contributed by atoms with E-state index in [9.17, 15) is 5.11 Å². The third-order valence-electron chi connectivity index (χ3n) is 3.69. The summed E-state index contributed by atoms with van der Waals surface area (Å²) in [5, 5.41) is 12.3. The van der Waals surface area contributed by atoms with E-state index in [4.69, 9.17) is 4.74 Å². The highest BCUT2D eigenvalue weighted by Gasteiger charge is 2.15. The summed E-state index contributed by atoms with van der Waals surface area (Å²) in [6, 6.07) is 7.93. The standard InChI is InChI=1S/C16H13N3O2S/c1-9-16(20)19-12-7-13(21-2)10(14-4-3-5-22-14)6-11(12)17-8-15(19)18-9/h3-8,20H,1-2H3. The molecule has 4 aromatic rings. The monoisotopic (exact) mass is 311 g/mol. The minimum atomic E-state index is 0.133. The summed E-state index contributed by atoms with van der Waals surface area (Å²) < 4.78 is 7.23. The SMILES string of the molecule is COc1cc2c(cc1-c1cccs1)ncc1nc(C)c(O)n12. The Hall–Kier alpha value is -2.60. The molecular weight excluding hydrogens is 298 g/mol. The van der Waals surface area contributed by atoms with Crippen LogP contribution in [0.15, 0.2) is 35.8 Å². The average Bonchev–Trinajstić information content (AvgIpc) is 3.15. The highest BCUT2D eigenvalue weighted by Crippen LogP contribution is 2.37. The lowest BCUT2D eigenvalue weighted by molar-refractivity contribution is 0.416. The van der Waals surface area contributed by atoms with Gasteiger partial charge in [0.25, 0.3) is 0 Å². The van der Waals surface area contributed by atoms with Crippen LogP contribution < -0.4 is 4.74 Å². The maximum Gasteiger partial charge on any atom is 0.219 e. The van der Waals surface area contributed by atoms with Crippen LogP contribution in [0.2, 0.25) is 0 Å². The average molecular weight is 311 g/mol. The maximum atomic E-state index is 10.2. The van der Waals surface area contributed by atoms with Crippen LogP contribution in [0.3, 0.4) is 0 Å². The Labute approximate surface area is 130 Å². The Bertz CT molecular complexity index is 990. The van der Waals surface area contributed by atoms with Crippen LogP contribution >= 0.6 is 11.3 Å². The van der Waals surface area contributed by atoms with Gasteiger partial charge in [0, 0.05) is 16.5 Å². The molecule has 0 unspecified atom stereocenters. The fraction of sp³-hybridized carbons (Fsp3) is 0.125. The van der Waals surface area contributed by atoms with Crippen molar-refractivity contribution < 1.29 is 9.84 Å². The third kappa shape index (κ3) is 1.77. The number of hydrogen-bond acceptors (Lipinski definition) is 5. The van der Waals surface area contributed by atoms with Crippen LogP contribution in [-0.2, 0) is 0 Å². The van der Waals surface area contributed by atoms with Crippen LogP contribution in [-0.4, -0.2) is 26.6 Å². The molecule has 3 aromatic heterocycles. The topological polar surface area (TPSA) is 59.7 Å². The molecule has 4 rings (SSSR count). The van der Waals surface area contributed by atoms with Gasteiger partial charge in [0.05, 0.1) is 24.3 Å². The van der Waals surface area contributed by atoms with E-state index in [1.807, 2.05) is 29.6 Å². The second-order valence-corrected chi connectivity index (χ2v) is 5.94. The molecule has 0 amide bonds. The number of thiophene rings is 1. The fourth-order valence-electron chi connectivity index (χ4n) is 2.63. The van der Waals surface area contributed by atoms with Gasteiger partial charge in [-0.1, -0.05) is 6.07 Å². The number of fused-ring (bicyclic) bond motifs is 3. The molecule has 0 atom stereocenters. The Balaban J connectivity index is 2.11. The van der Waals surface area contributed by atoms with Crippen molar-refractivity contribution in [1.29, 1.82) is 0 Å². The molecule has 0 saturated heterocycles. The van der Waals surface area contributed by atoms with Gasteiger partial charge in [0.15, 0.2) is 5.65 Å². The first-order valence-electron chi connectivity index (χ1n) is 6.77. The Morgan fingerprint density at radius 1 is 1.32 bits per heavy atom. The van der Waals surface area contributed by atoms with Gasteiger partial charge in [-0.15, -0.1) is 11.3 Å². The molecule has 1 N–H and O–H groups in total. The molecule has 110 valence electrons. The lowest BCUT2D eigenvalue weighted by Gasteiger charge is -2.10. The van der Waals surface area contributed by atoms with Crippen molar-refractivity contribution in [3.05, 3.63) is 41.5 Å². The molecule has 0 radical (unpaired) electrons. The number of aryl methyl sites for hydroxylation is 1. The first-order valence-corrected chi connectivity index (χ1v) is 7.65. The summed E-state index contributed by atoms with van der Waals surface area (Å²) in [5.41, 5.74) is 3.74. The second kappa shape index (κ2) is 4.71. The van der Waals surface area contributed by atoms with E-state index in [1.165, 1.54) is 0 Å². The number of aromatic hydroxyl groups is 1. The Morgan fingerprint density at radius 3 is 2.91 bits per heavy atom. The molecule has 1 aromatic carbocycles. The minimum absolute atomic E-state index is 0.133. The van der Waals surface area contributed by atoms with Crippen molar-refractivity contribution in [3.8, 4) is 22.1 Å². The van der Waals surface area contributed by atoms with E-state index in [1.54, 1.807) is 36.0 Å². The van der Waals surface area contributed by atoms with Crippen molar-refractivity contribution in [2.24, 2.45) is 0 Å². The number of hydrogen-bond donors (Lipinski definition) is 1. The highest BCUT2D eigenvalue weighted by molar-refractivity contribution is 7.13. The van der Waals surface area contributed by atoms with Gasteiger partial charge in [0.2, 0.25) is 5.88 Å². The Morgan fingerprint density at radius 2 is 2.18 bits per heavy atom. The molecule has 0 saturated carbocycles. The van der Waals surface area contributed by atoms with Gasteiger partial charge in [-0.3, -0.25) is 9.38 Å². The number of rotatable bonds is 2. The summed E-state index contributed by atoms with van der Waals surface area (Å²) in [7, 11) is 1.64. The lowest BCUT2D eigenvalue weighted by atomic mass is 10.1. The molecule has 5 nitrogen and oxygen atoms in total. The molecule has 0 spiro atoms. The molecule has 0 fully saturated rings. The summed E-state index contributed by atoms with van der Waals surface area (Å²) in [6.45, 7) is 1.77. The van der Waals surface area contributed by atoms with Crippen molar-refractivity contribution in [2.45, 2.75) is 6.92 Å². The maximum absolute atomic E-state index is 10.2. The largest absolute Gasteiger partial charge is 0.496 e. The number of aromatic nitrogens is 3. The molecule has 3 heterocycles. The number of ether oxygens (including phenoxy) is 1. The van der Waals surface area contributed by atoms with Gasteiger partial charge < -0.3 is 9.84 Å². The van der Waals surface area contributed by atoms with E-state index in [0.717, 1.165) is 27.2 Å². The minimum Gasteiger partial charge on any atom is -0.496 e. The van der Waals surface area contributed by atoms with Crippen LogP contribution in [0.25, 0.3) is 27.1 Å². The number of methoxy groups -OCH3 is 1. The van der Waals surface area contributed by atoms with Crippen LogP contribution in [0, 0.1) is 6.92 Å². The molecule has 0 aliphatic rings. The Kier molecular flexibility index (Phi) is 2.80. The number of nitrogens with zero attached hydrogens (tertiary/aromatic N) is 3. The molecule has 0 aliphatic heterocycles. The molecule has 6 heteroatoms. The zero-order valence-corrected chi connectivity index (χ0v) is 12.9. The van der Waals surface area contributed by atoms with Gasteiger partial charge in [-0.2, -0.15) is 0 Å². The number of imidazole rings is 1. The first-order chi connectivity index (χ1) is 10.7. The normalized spacial score (nSPS) is 11.4. The second-order valence-electron chi connectivity index (χ2n) is 4.99. The molecule has 0 aliphatic carbocycles. The smallest absolute Gasteiger partial charge is 0.219 e. The van der Waals surface area contributed by atoms with E-state index in [-0.39, 0.29) is 5.88 Å². The first kappa shape index (κ1) is 13.1. The zero-order chi connectivity index (χ0) is 15.3. The summed E-state index contributed by atoms with van der Waals surface area (Å²) in [4.78, 5) is 9.88. The van der Waals surface area contributed by atoms with Gasteiger partial charge in [0.1, 0.15) is 11.4 Å². The molecule has 0 bridgehead atoms. The predicted molar refractivity (Wildman–Crippen MR) is 86.8 cm³/mol. The zero-order valence-electron chi connectivity index (χ0n) is 12.1. The van der Waals surface area contributed by atoms with Crippen LogP contribution in [0.4, 0.5) is 0 Å². The third-order valence-corrected chi connectivity index (χ3v) is 4.59. The van der Waals surface area contributed by atoms with E-state index in [2.05, 4.69) is 9.97 Å². The fourth-order valence-corrected chi connectivity index (χ4v) is 3.37. The van der Waals surface area contributed by atoms with E-state index in [0.29, 0.717) is 11.3 Å². The van der Waals surface area contributed by atoms with Gasteiger partial charge in [-0.05, 0) is 24.4 Å².